The van der Waals surface area contributed by atoms with E-state index in [2.05, 4.69) is 10.3 Å². The van der Waals surface area contributed by atoms with Crippen LogP contribution < -0.4 is 5.32 Å². The normalized spacial score (nSPS) is 23.7. The molecule has 1 aromatic heterocycles. The average molecular weight is 269 g/mol. The molecule has 2 atom stereocenters. The topological polar surface area (TPSA) is 62.2 Å². The maximum absolute atomic E-state index is 11.8. The Labute approximate surface area is 111 Å². The lowest BCUT2D eigenvalue weighted by Crippen LogP contribution is -2.36. The number of hydrogen-bond donors (Lipinski definition) is 2. The highest BCUT2D eigenvalue weighted by Crippen LogP contribution is 2.23. The van der Waals surface area contributed by atoms with Gasteiger partial charge in [-0.25, -0.2) is 0 Å². The zero-order chi connectivity index (χ0) is 13.0. The fraction of sp³-hybridized carbons (Fsp3) is 0.538. The smallest absolute Gasteiger partial charge is 0.269 e. The van der Waals surface area contributed by atoms with Crippen molar-refractivity contribution in [1.82, 2.24) is 10.3 Å². The van der Waals surface area contributed by atoms with Gasteiger partial charge in [0.15, 0.2) is 0 Å². The van der Waals surface area contributed by atoms with Crippen LogP contribution in [0.25, 0.3) is 0 Å². The summed E-state index contributed by atoms with van der Waals surface area (Å²) in [5.74, 6) is -0.0860. The number of hydrogen-bond acceptors (Lipinski definition) is 3. The molecule has 18 heavy (non-hydrogen) atoms. The number of nitrogens with zero attached hydrogens (tertiary/aromatic N) is 1. The predicted octanol–water partition coefficient (Wildman–Crippen LogP) is 2.02. The number of carbonyl (C=O) groups excluding carboxylic acids is 1. The molecule has 0 aromatic carbocycles. The third-order valence-corrected chi connectivity index (χ3v) is 3.58. The van der Waals surface area contributed by atoms with Crippen molar-refractivity contribution in [2.75, 3.05) is 6.54 Å². The first-order valence-electron chi connectivity index (χ1n) is 6.24. The third kappa shape index (κ3) is 3.43. The van der Waals surface area contributed by atoms with Crippen LogP contribution in [0, 0.1) is 5.92 Å². The lowest BCUT2D eigenvalue weighted by atomic mass is 9.86. The molecule has 4 nitrogen and oxygen atoms in total. The monoisotopic (exact) mass is 268 g/mol. The summed E-state index contributed by atoms with van der Waals surface area (Å²) in [6, 6.07) is 3.16. The van der Waals surface area contributed by atoms with Gasteiger partial charge in [0, 0.05) is 23.7 Å². The fourth-order valence-electron chi connectivity index (χ4n) is 2.27. The Morgan fingerprint density at radius 3 is 3.00 bits per heavy atom. The van der Waals surface area contributed by atoms with E-state index < -0.39 is 0 Å². The van der Waals surface area contributed by atoms with Gasteiger partial charge in [0.2, 0.25) is 0 Å². The second-order valence-electron chi connectivity index (χ2n) is 4.68. The number of halogens is 1. The van der Waals surface area contributed by atoms with Gasteiger partial charge in [-0.2, -0.15) is 0 Å². The molecule has 0 bridgehead atoms. The number of nitrogens with one attached hydrogen (secondary N) is 1. The molecule has 0 aliphatic heterocycles. The summed E-state index contributed by atoms with van der Waals surface area (Å²) in [5, 5.41) is 13.1. The number of aliphatic hydroxyl groups excluding tert-OH is 1. The molecular formula is C13H17ClN2O2. The van der Waals surface area contributed by atoms with Crippen LogP contribution in [0.4, 0.5) is 0 Å². The quantitative estimate of drug-likeness (QED) is 0.882. The minimum Gasteiger partial charge on any atom is -0.393 e. The molecule has 2 unspecified atom stereocenters. The average Bonchev–Trinajstić information content (AvgIpc) is 2.37. The van der Waals surface area contributed by atoms with Crippen LogP contribution in [0.2, 0.25) is 5.02 Å². The second kappa shape index (κ2) is 6.16. The first-order chi connectivity index (χ1) is 8.66. The van der Waals surface area contributed by atoms with Gasteiger partial charge in [-0.05, 0) is 25.0 Å². The summed E-state index contributed by atoms with van der Waals surface area (Å²) in [6.07, 6.45) is 5.19. The summed E-state index contributed by atoms with van der Waals surface area (Å²) in [4.78, 5) is 15.8. The molecule has 2 rings (SSSR count). The molecule has 5 heteroatoms. The third-order valence-electron chi connectivity index (χ3n) is 3.35. The van der Waals surface area contributed by atoms with Gasteiger partial charge in [-0.3, -0.25) is 9.78 Å². The molecule has 2 N–H and O–H groups in total. The minimum absolute atomic E-state index is 0.155. The van der Waals surface area contributed by atoms with Crippen molar-refractivity contribution in [2.45, 2.75) is 31.8 Å². The fourth-order valence-corrected chi connectivity index (χ4v) is 2.43. The molecule has 1 aromatic rings. The maximum atomic E-state index is 11.8. The Kier molecular flexibility index (Phi) is 4.55. The van der Waals surface area contributed by atoms with Gasteiger partial charge in [-0.1, -0.05) is 24.4 Å². The number of aliphatic hydroxyl groups is 1. The molecule has 1 saturated carbocycles. The summed E-state index contributed by atoms with van der Waals surface area (Å²) >= 11 is 5.80. The molecule has 98 valence electrons. The van der Waals surface area contributed by atoms with E-state index in [4.69, 9.17) is 11.6 Å². The molecule has 0 radical (unpaired) electrons. The highest BCUT2D eigenvalue weighted by atomic mass is 35.5. The molecule has 1 aliphatic carbocycles. The van der Waals surface area contributed by atoms with Gasteiger partial charge < -0.3 is 10.4 Å². The first-order valence-corrected chi connectivity index (χ1v) is 6.62. The Morgan fingerprint density at radius 2 is 2.28 bits per heavy atom. The second-order valence-corrected chi connectivity index (χ2v) is 5.12. The van der Waals surface area contributed by atoms with Crippen molar-refractivity contribution in [3.8, 4) is 0 Å². The largest absolute Gasteiger partial charge is 0.393 e. The molecule has 1 aliphatic rings. The number of pyridine rings is 1. The van der Waals surface area contributed by atoms with Crippen molar-refractivity contribution in [2.24, 2.45) is 5.92 Å². The summed E-state index contributed by atoms with van der Waals surface area (Å²) in [5.41, 5.74) is 0.313. The molecule has 1 fully saturated rings. The van der Waals surface area contributed by atoms with E-state index >= 15 is 0 Å². The van der Waals surface area contributed by atoms with E-state index in [1.165, 1.54) is 12.3 Å². The van der Waals surface area contributed by atoms with E-state index in [0.29, 0.717) is 17.3 Å². The highest BCUT2D eigenvalue weighted by molar-refractivity contribution is 6.30. The minimum atomic E-state index is -0.300. The van der Waals surface area contributed by atoms with Crippen LogP contribution >= 0.6 is 11.6 Å². The van der Waals surface area contributed by atoms with E-state index in [1.807, 2.05) is 0 Å². The SMILES string of the molecule is O=C(NCC1CCCCC1O)c1cc(Cl)ccn1. The van der Waals surface area contributed by atoms with Crippen LogP contribution in [0.5, 0.6) is 0 Å². The standard InChI is InChI=1S/C13H17ClN2O2/c14-10-5-6-15-11(7-10)13(18)16-8-9-3-1-2-4-12(9)17/h5-7,9,12,17H,1-4,8H2,(H,16,18). The molecule has 1 heterocycles. The summed E-state index contributed by atoms with van der Waals surface area (Å²) in [7, 11) is 0. The van der Waals surface area contributed by atoms with Gasteiger partial charge in [0.05, 0.1) is 6.10 Å². The van der Waals surface area contributed by atoms with Crippen LogP contribution in [0.15, 0.2) is 18.3 Å². The van der Waals surface area contributed by atoms with Gasteiger partial charge in [0.25, 0.3) is 5.91 Å². The van der Waals surface area contributed by atoms with E-state index in [1.54, 1.807) is 6.07 Å². The van der Waals surface area contributed by atoms with Crippen molar-refractivity contribution in [1.29, 1.82) is 0 Å². The lowest BCUT2D eigenvalue weighted by Gasteiger charge is -2.27. The molecular weight excluding hydrogens is 252 g/mol. The van der Waals surface area contributed by atoms with E-state index in [0.717, 1.165) is 25.7 Å². The van der Waals surface area contributed by atoms with E-state index in [9.17, 15) is 9.90 Å². The van der Waals surface area contributed by atoms with Crippen LogP contribution in [0.3, 0.4) is 0 Å². The van der Waals surface area contributed by atoms with Crippen molar-refractivity contribution >= 4 is 17.5 Å². The lowest BCUT2D eigenvalue weighted by molar-refractivity contribution is 0.0661. The highest BCUT2D eigenvalue weighted by Gasteiger charge is 2.23. The zero-order valence-electron chi connectivity index (χ0n) is 10.1. The van der Waals surface area contributed by atoms with Crippen molar-refractivity contribution in [3.63, 3.8) is 0 Å². The summed E-state index contributed by atoms with van der Waals surface area (Å²) in [6.45, 7) is 0.494. The van der Waals surface area contributed by atoms with Crippen LogP contribution in [-0.2, 0) is 0 Å². The number of amides is 1. The number of rotatable bonds is 3. The first kappa shape index (κ1) is 13.3. The number of carbonyl (C=O) groups is 1. The Balaban J connectivity index is 1.88. The maximum Gasteiger partial charge on any atom is 0.269 e. The van der Waals surface area contributed by atoms with Crippen molar-refractivity contribution < 1.29 is 9.90 Å². The predicted molar refractivity (Wildman–Crippen MR) is 69.5 cm³/mol. The molecule has 0 spiro atoms. The Bertz CT molecular complexity index is 425. The number of aromatic nitrogens is 1. The summed E-state index contributed by atoms with van der Waals surface area (Å²) < 4.78 is 0. The van der Waals surface area contributed by atoms with Crippen LogP contribution in [0.1, 0.15) is 36.2 Å². The van der Waals surface area contributed by atoms with Gasteiger partial charge in [0.1, 0.15) is 5.69 Å². The van der Waals surface area contributed by atoms with Crippen molar-refractivity contribution in [3.05, 3.63) is 29.0 Å². The van der Waals surface area contributed by atoms with Gasteiger partial charge in [-0.15, -0.1) is 0 Å². The molecule has 0 saturated heterocycles. The zero-order valence-corrected chi connectivity index (χ0v) is 10.9. The Hall–Kier alpha value is -1.13. The van der Waals surface area contributed by atoms with Gasteiger partial charge >= 0.3 is 0 Å². The Morgan fingerprint density at radius 1 is 1.50 bits per heavy atom. The van der Waals surface area contributed by atoms with Crippen LogP contribution in [-0.4, -0.2) is 28.6 Å². The van der Waals surface area contributed by atoms with E-state index in [-0.39, 0.29) is 17.9 Å². The molecule has 1 amide bonds.